The van der Waals surface area contributed by atoms with Crippen LogP contribution < -0.4 is 10.6 Å². The van der Waals surface area contributed by atoms with Gasteiger partial charge in [0.2, 0.25) is 5.91 Å². The summed E-state index contributed by atoms with van der Waals surface area (Å²) in [6.45, 7) is 0.874. The largest absolute Gasteiger partial charge is 0.508 e. The number of benzene rings is 2. The molecule has 4 nitrogen and oxygen atoms in total. The third-order valence-electron chi connectivity index (χ3n) is 2.59. The lowest BCUT2D eigenvalue weighted by Crippen LogP contribution is -2.27. The van der Waals surface area contributed by atoms with E-state index in [1.807, 2.05) is 30.3 Å². The van der Waals surface area contributed by atoms with Crippen LogP contribution in [0.25, 0.3) is 0 Å². The van der Waals surface area contributed by atoms with Crippen molar-refractivity contribution in [2.24, 2.45) is 0 Å². The van der Waals surface area contributed by atoms with Gasteiger partial charge >= 0.3 is 0 Å². The highest BCUT2D eigenvalue weighted by molar-refractivity contribution is 5.92. The predicted molar refractivity (Wildman–Crippen MR) is 74.9 cm³/mol. The topological polar surface area (TPSA) is 61.4 Å². The summed E-state index contributed by atoms with van der Waals surface area (Å²) in [7, 11) is 0. The van der Waals surface area contributed by atoms with Crippen LogP contribution in [0.15, 0.2) is 54.6 Å². The Morgan fingerprint density at radius 3 is 2.58 bits per heavy atom. The van der Waals surface area contributed by atoms with Crippen molar-refractivity contribution < 1.29 is 9.90 Å². The average molecular weight is 256 g/mol. The molecule has 19 heavy (non-hydrogen) atoms. The normalized spacial score (nSPS) is 10.1. The molecule has 0 aromatic heterocycles. The maximum atomic E-state index is 11.7. The highest BCUT2D eigenvalue weighted by Gasteiger charge is 2.02. The second kappa shape index (κ2) is 6.56. The fourth-order valence-corrected chi connectivity index (χ4v) is 1.71. The summed E-state index contributed by atoms with van der Waals surface area (Å²) in [6, 6.07) is 16.4. The molecular weight excluding hydrogens is 240 g/mol. The van der Waals surface area contributed by atoms with E-state index in [0.717, 1.165) is 5.56 Å². The lowest BCUT2D eigenvalue weighted by atomic mass is 10.2. The Hall–Kier alpha value is -2.33. The van der Waals surface area contributed by atoms with Gasteiger partial charge in [0.15, 0.2) is 0 Å². The number of anilines is 1. The van der Waals surface area contributed by atoms with Crippen molar-refractivity contribution in [1.82, 2.24) is 5.32 Å². The molecule has 0 atom stereocenters. The van der Waals surface area contributed by atoms with Crippen LogP contribution in [0.3, 0.4) is 0 Å². The summed E-state index contributed by atoms with van der Waals surface area (Å²) < 4.78 is 0. The van der Waals surface area contributed by atoms with Gasteiger partial charge in [-0.15, -0.1) is 0 Å². The summed E-state index contributed by atoms with van der Waals surface area (Å²) in [5.74, 6) is -0.00317. The van der Waals surface area contributed by atoms with Crippen LogP contribution in [0.4, 0.5) is 5.69 Å². The number of aromatic hydroxyl groups is 1. The number of phenolic OH excluding ortho intramolecular Hbond substituents is 1. The van der Waals surface area contributed by atoms with E-state index in [4.69, 9.17) is 0 Å². The van der Waals surface area contributed by atoms with E-state index in [-0.39, 0.29) is 18.2 Å². The van der Waals surface area contributed by atoms with Gasteiger partial charge in [-0.05, 0) is 17.7 Å². The molecule has 0 spiro atoms. The molecular formula is C15H16N2O2. The van der Waals surface area contributed by atoms with Gasteiger partial charge in [0, 0.05) is 18.3 Å². The third kappa shape index (κ3) is 4.44. The van der Waals surface area contributed by atoms with Crippen molar-refractivity contribution in [3.63, 3.8) is 0 Å². The zero-order valence-electron chi connectivity index (χ0n) is 10.5. The maximum Gasteiger partial charge on any atom is 0.238 e. The highest BCUT2D eigenvalue weighted by atomic mass is 16.3. The van der Waals surface area contributed by atoms with Gasteiger partial charge in [-0.3, -0.25) is 4.79 Å². The van der Waals surface area contributed by atoms with E-state index in [1.54, 1.807) is 18.2 Å². The van der Waals surface area contributed by atoms with E-state index in [9.17, 15) is 9.90 Å². The molecule has 0 unspecified atom stereocenters. The Morgan fingerprint density at radius 2 is 1.84 bits per heavy atom. The summed E-state index contributed by atoms with van der Waals surface area (Å²) in [5.41, 5.74) is 1.72. The molecule has 0 aliphatic rings. The van der Waals surface area contributed by atoms with Crippen molar-refractivity contribution in [1.29, 1.82) is 0 Å². The molecule has 3 N–H and O–H groups in total. The Balaban J connectivity index is 1.76. The number of hydrogen-bond acceptors (Lipinski definition) is 3. The van der Waals surface area contributed by atoms with Gasteiger partial charge in [0.25, 0.3) is 0 Å². The Labute approximate surface area is 112 Å². The van der Waals surface area contributed by atoms with Gasteiger partial charge in [0.05, 0.1) is 6.54 Å². The van der Waals surface area contributed by atoms with E-state index in [0.29, 0.717) is 12.2 Å². The molecule has 2 aromatic carbocycles. The molecule has 0 heterocycles. The molecule has 2 rings (SSSR count). The highest BCUT2D eigenvalue weighted by Crippen LogP contribution is 2.14. The van der Waals surface area contributed by atoms with Gasteiger partial charge in [0.1, 0.15) is 5.75 Å². The molecule has 2 aromatic rings. The monoisotopic (exact) mass is 256 g/mol. The molecule has 98 valence electrons. The van der Waals surface area contributed by atoms with E-state index in [2.05, 4.69) is 10.6 Å². The fourth-order valence-electron chi connectivity index (χ4n) is 1.71. The minimum Gasteiger partial charge on any atom is -0.508 e. The number of carbonyl (C=O) groups is 1. The Morgan fingerprint density at radius 1 is 1.05 bits per heavy atom. The number of nitrogens with one attached hydrogen (secondary N) is 2. The van der Waals surface area contributed by atoms with Crippen LogP contribution in [-0.4, -0.2) is 17.6 Å². The lowest BCUT2D eigenvalue weighted by Gasteiger charge is -2.07. The second-order valence-electron chi connectivity index (χ2n) is 4.19. The first-order valence-electron chi connectivity index (χ1n) is 6.07. The smallest absolute Gasteiger partial charge is 0.238 e. The second-order valence-corrected chi connectivity index (χ2v) is 4.19. The molecule has 0 aliphatic heterocycles. The summed E-state index contributed by atoms with van der Waals surface area (Å²) in [4.78, 5) is 11.7. The number of carbonyl (C=O) groups excluding carboxylic acids is 1. The van der Waals surface area contributed by atoms with E-state index in [1.165, 1.54) is 6.07 Å². The first-order chi connectivity index (χ1) is 9.24. The minimum atomic E-state index is -0.137. The van der Waals surface area contributed by atoms with Crippen molar-refractivity contribution in [3.05, 3.63) is 60.2 Å². The molecule has 0 radical (unpaired) electrons. The molecule has 0 fully saturated rings. The van der Waals surface area contributed by atoms with E-state index >= 15 is 0 Å². The standard InChI is InChI=1S/C15H16N2O2/c18-14-8-4-7-13(9-14)17-15(19)11-16-10-12-5-2-1-3-6-12/h1-9,16,18H,10-11H2,(H,17,19). The lowest BCUT2D eigenvalue weighted by molar-refractivity contribution is -0.115. The maximum absolute atomic E-state index is 11.7. The van der Waals surface area contributed by atoms with Crippen LogP contribution in [0, 0.1) is 0 Å². The molecule has 0 saturated carbocycles. The summed E-state index contributed by atoms with van der Waals surface area (Å²) in [5, 5.41) is 15.1. The van der Waals surface area contributed by atoms with Crippen molar-refractivity contribution >= 4 is 11.6 Å². The van der Waals surface area contributed by atoms with Crippen LogP contribution in [0.5, 0.6) is 5.75 Å². The van der Waals surface area contributed by atoms with Gasteiger partial charge in [-0.2, -0.15) is 0 Å². The van der Waals surface area contributed by atoms with Crippen LogP contribution >= 0.6 is 0 Å². The number of amides is 1. The third-order valence-corrected chi connectivity index (χ3v) is 2.59. The number of rotatable bonds is 5. The van der Waals surface area contributed by atoms with Crippen molar-refractivity contribution in [3.8, 4) is 5.75 Å². The average Bonchev–Trinajstić information content (AvgIpc) is 2.40. The quantitative estimate of drug-likeness (QED) is 0.768. The number of hydrogen-bond donors (Lipinski definition) is 3. The first-order valence-corrected chi connectivity index (χ1v) is 6.07. The molecule has 0 saturated heterocycles. The van der Waals surface area contributed by atoms with Gasteiger partial charge < -0.3 is 15.7 Å². The van der Waals surface area contributed by atoms with Crippen LogP contribution in [0.1, 0.15) is 5.56 Å². The molecule has 4 heteroatoms. The summed E-state index contributed by atoms with van der Waals surface area (Å²) >= 11 is 0. The summed E-state index contributed by atoms with van der Waals surface area (Å²) in [6.07, 6.45) is 0. The van der Waals surface area contributed by atoms with Gasteiger partial charge in [-0.1, -0.05) is 36.4 Å². The van der Waals surface area contributed by atoms with Crippen LogP contribution in [-0.2, 0) is 11.3 Å². The molecule has 0 aliphatic carbocycles. The van der Waals surface area contributed by atoms with E-state index < -0.39 is 0 Å². The number of phenols is 1. The Kier molecular flexibility index (Phi) is 4.53. The van der Waals surface area contributed by atoms with Crippen molar-refractivity contribution in [2.75, 3.05) is 11.9 Å². The first kappa shape index (κ1) is 13.1. The molecule has 0 bridgehead atoms. The fraction of sp³-hybridized carbons (Fsp3) is 0.133. The minimum absolute atomic E-state index is 0.134. The predicted octanol–water partition coefficient (Wildman–Crippen LogP) is 2.12. The molecule has 1 amide bonds. The zero-order valence-corrected chi connectivity index (χ0v) is 10.5. The van der Waals surface area contributed by atoms with Crippen molar-refractivity contribution in [2.45, 2.75) is 6.54 Å². The Bertz CT molecular complexity index is 541. The van der Waals surface area contributed by atoms with Gasteiger partial charge in [-0.25, -0.2) is 0 Å². The zero-order chi connectivity index (χ0) is 13.5. The van der Waals surface area contributed by atoms with Crippen LogP contribution in [0.2, 0.25) is 0 Å². The SMILES string of the molecule is O=C(CNCc1ccccc1)Nc1cccc(O)c1.